The maximum atomic E-state index is 12.9. The minimum absolute atomic E-state index is 0.103. The summed E-state index contributed by atoms with van der Waals surface area (Å²) in [5.74, 6) is -0.711. The van der Waals surface area contributed by atoms with Crippen LogP contribution in [0.1, 0.15) is 24.9 Å². The Morgan fingerprint density at radius 1 is 1.27 bits per heavy atom. The molecule has 0 spiro atoms. The smallest absolute Gasteiger partial charge is 0.411 e. The molecule has 7 heteroatoms. The van der Waals surface area contributed by atoms with Gasteiger partial charge in [-0.2, -0.15) is 0 Å². The van der Waals surface area contributed by atoms with Crippen LogP contribution in [0.25, 0.3) is 0 Å². The number of methoxy groups -OCH3 is 1. The molecule has 7 nitrogen and oxygen atoms in total. The normalized spacial score (nSPS) is 33.1. The fourth-order valence-corrected chi connectivity index (χ4v) is 4.14. The van der Waals surface area contributed by atoms with Crippen LogP contribution < -0.4 is 0 Å². The second-order valence-electron chi connectivity index (χ2n) is 6.82. The third-order valence-corrected chi connectivity index (χ3v) is 5.29. The van der Waals surface area contributed by atoms with Gasteiger partial charge in [0.05, 0.1) is 24.8 Å². The molecule has 2 fully saturated rings. The van der Waals surface area contributed by atoms with Gasteiger partial charge in [-0.25, -0.2) is 9.59 Å². The molecule has 0 radical (unpaired) electrons. The molecule has 26 heavy (non-hydrogen) atoms. The van der Waals surface area contributed by atoms with Gasteiger partial charge in [-0.05, 0) is 18.6 Å². The predicted octanol–water partition coefficient (Wildman–Crippen LogP) is 1.78. The first kappa shape index (κ1) is 16.8. The SMILES string of the molecule is COC(=O)C1=C[C@H]2CC(=O)[C@@H](N3C(=O)OC[C@H]3c3ccccc3)[C@]1(C)O2. The average Bonchev–Trinajstić information content (AvgIpc) is 3.13. The lowest BCUT2D eigenvalue weighted by atomic mass is 9.83. The van der Waals surface area contributed by atoms with Crippen molar-refractivity contribution in [1.82, 2.24) is 4.90 Å². The van der Waals surface area contributed by atoms with Crippen molar-refractivity contribution in [2.24, 2.45) is 0 Å². The molecule has 3 heterocycles. The average molecular weight is 357 g/mol. The second-order valence-corrected chi connectivity index (χ2v) is 6.82. The van der Waals surface area contributed by atoms with E-state index < -0.39 is 35.9 Å². The zero-order chi connectivity index (χ0) is 18.5. The lowest BCUT2D eigenvalue weighted by Crippen LogP contribution is -2.61. The second kappa shape index (κ2) is 5.95. The number of ketones is 1. The van der Waals surface area contributed by atoms with Crippen molar-refractivity contribution in [2.75, 3.05) is 13.7 Å². The van der Waals surface area contributed by atoms with E-state index in [1.54, 1.807) is 13.0 Å². The number of rotatable bonds is 3. The van der Waals surface area contributed by atoms with E-state index in [1.165, 1.54) is 12.0 Å². The number of nitrogens with zero attached hydrogens (tertiary/aromatic N) is 1. The van der Waals surface area contributed by atoms with Gasteiger partial charge in [-0.15, -0.1) is 0 Å². The van der Waals surface area contributed by atoms with Gasteiger partial charge in [0.15, 0.2) is 5.78 Å². The number of Topliss-reactive ketones (excluding diaryl/α,β-unsaturated/α-hetero) is 1. The fraction of sp³-hybridized carbons (Fsp3) is 0.421. The van der Waals surface area contributed by atoms with Crippen LogP contribution in [0.4, 0.5) is 4.79 Å². The van der Waals surface area contributed by atoms with Gasteiger partial charge >= 0.3 is 12.1 Å². The molecule has 0 unspecified atom stereocenters. The van der Waals surface area contributed by atoms with Crippen LogP contribution >= 0.6 is 0 Å². The molecule has 3 aliphatic rings. The van der Waals surface area contributed by atoms with Gasteiger partial charge in [0.25, 0.3) is 0 Å². The number of esters is 1. The quantitative estimate of drug-likeness (QED) is 0.767. The van der Waals surface area contributed by atoms with Crippen LogP contribution in [0, 0.1) is 0 Å². The first-order valence-electron chi connectivity index (χ1n) is 8.47. The predicted molar refractivity (Wildman–Crippen MR) is 89.2 cm³/mol. The number of amides is 1. The Hall–Kier alpha value is -2.67. The van der Waals surface area contributed by atoms with Crippen molar-refractivity contribution in [3.8, 4) is 0 Å². The number of cyclic esters (lactones) is 1. The zero-order valence-electron chi connectivity index (χ0n) is 14.5. The van der Waals surface area contributed by atoms with Crippen LogP contribution in [0.5, 0.6) is 0 Å². The Balaban J connectivity index is 1.77. The number of fused-ring (bicyclic) bond motifs is 2. The van der Waals surface area contributed by atoms with E-state index in [4.69, 9.17) is 14.2 Å². The third kappa shape index (κ3) is 2.34. The zero-order valence-corrected chi connectivity index (χ0v) is 14.5. The summed E-state index contributed by atoms with van der Waals surface area (Å²) >= 11 is 0. The topological polar surface area (TPSA) is 82.1 Å². The fourth-order valence-electron chi connectivity index (χ4n) is 4.14. The summed E-state index contributed by atoms with van der Waals surface area (Å²) in [5.41, 5.74) is -0.130. The number of benzene rings is 1. The summed E-state index contributed by atoms with van der Waals surface area (Å²) in [4.78, 5) is 39.1. The highest BCUT2D eigenvalue weighted by atomic mass is 16.6. The largest absolute Gasteiger partial charge is 0.466 e. The van der Waals surface area contributed by atoms with E-state index in [0.717, 1.165) is 5.56 Å². The first-order valence-corrected chi connectivity index (χ1v) is 8.47. The molecular formula is C19H19NO6. The molecule has 4 atom stereocenters. The molecule has 0 aromatic heterocycles. The number of ether oxygens (including phenoxy) is 3. The van der Waals surface area contributed by atoms with Crippen LogP contribution in [0.2, 0.25) is 0 Å². The summed E-state index contributed by atoms with van der Waals surface area (Å²) in [6, 6.07) is 7.99. The summed E-state index contributed by atoms with van der Waals surface area (Å²) in [5, 5.41) is 0. The van der Waals surface area contributed by atoms with E-state index in [0.29, 0.717) is 0 Å². The minimum Gasteiger partial charge on any atom is -0.466 e. The van der Waals surface area contributed by atoms with Gasteiger partial charge in [-0.3, -0.25) is 9.69 Å². The van der Waals surface area contributed by atoms with Crippen LogP contribution in [0.15, 0.2) is 42.0 Å². The van der Waals surface area contributed by atoms with Crippen molar-refractivity contribution < 1.29 is 28.6 Å². The van der Waals surface area contributed by atoms with Crippen LogP contribution in [-0.4, -0.2) is 54.2 Å². The van der Waals surface area contributed by atoms with E-state index in [9.17, 15) is 14.4 Å². The van der Waals surface area contributed by atoms with E-state index >= 15 is 0 Å². The maximum Gasteiger partial charge on any atom is 0.411 e. The summed E-state index contributed by atoms with van der Waals surface area (Å²) < 4.78 is 16.1. The van der Waals surface area contributed by atoms with Crippen LogP contribution in [0.3, 0.4) is 0 Å². The van der Waals surface area contributed by atoms with Crippen molar-refractivity contribution in [3.63, 3.8) is 0 Å². The number of carbonyl (C=O) groups excluding carboxylic acids is 3. The first-order chi connectivity index (χ1) is 12.5. The van der Waals surface area contributed by atoms with Gasteiger partial charge in [-0.1, -0.05) is 30.3 Å². The molecular weight excluding hydrogens is 338 g/mol. The maximum absolute atomic E-state index is 12.9. The van der Waals surface area contributed by atoms with E-state index in [-0.39, 0.29) is 24.4 Å². The molecule has 0 N–H and O–H groups in total. The molecule has 1 aromatic carbocycles. The number of carbonyl (C=O) groups is 3. The molecule has 0 aliphatic carbocycles. The molecule has 2 saturated heterocycles. The molecule has 2 bridgehead atoms. The Kier molecular flexibility index (Phi) is 3.84. The molecule has 3 aliphatic heterocycles. The van der Waals surface area contributed by atoms with Crippen molar-refractivity contribution in [3.05, 3.63) is 47.5 Å². The molecule has 1 amide bonds. The van der Waals surface area contributed by atoms with Crippen molar-refractivity contribution in [2.45, 2.75) is 37.1 Å². The summed E-state index contributed by atoms with van der Waals surface area (Å²) in [6.45, 7) is 1.80. The monoisotopic (exact) mass is 357 g/mol. The van der Waals surface area contributed by atoms with Gasteiger partial charge in [0.2, 0.25) is 0 Å². The van der Waals surface area contributed by atoms with Crippen molar-refractivity contribution >= 4 is 17.8 Å². The molecule has 1 aromatic rings. The lowest BCUT2D eigenvalue weighted by Gasteiger charge is -2.43. The van der Waals surface area contributed by atoms with Gasteiger partial charge in [0.1, 0.15) is 18.2 Å². The standard InChI is InChI=1S/C19H19NO6/c1-19-13(17(22)24-2)8-12(26-19)9-15(21)16(19)20-14(10-25-18(20)23)11-6-4-3-5-7-11/h3-8,12,14,16H,9-10H2,1-2H3/t12-,14-,16+,19+/m0/s1. The number of hydrogen-bond acceptors (Lipinski definition) is 6. The number of hydrogen-bond donors (Lipinski definition) is 0. The Labute approximate surface area is 150 Å². The van der Waals surface area contributed by atoms with Gasteiger partial charge in [0, 0.05) is 6.42 Å². The highest BCUT2D eigenvalue weighted by molar-refractivity contribution is 5.99. The Morgan fingerprint density at radius 3 is 2.69 bits per heavy atom. The molecule has 0 saturated carbocycles. The Morgan fingerprint density at radius 2 is 2.00 bits per heavy atom. The third-order valence-electron chi connectivity index (χ3n) is 5.29. The highest BCUT2D eigenvalue weighted by Crippen LogP contribution is 2.45. The van der Waals surface area contributed by atoms with Gasteiger partial charge < -0.3 is 14.2 Å². The summed E-state index contributed by atoms with van der Waals surface area (Å²) in [6.07, 6.45) is 0.664. The van der Waals surface area contributed by atoms with E-state index in [1.807, 2.05) is 30.3 Å². The summed E-state index contributed by atoms with van der Waals surface area (Å²) in [7, 11) is 1.28. The van der Waals surface area contributed by atoms with Crippen molar-refractivity contribution in [1.29, 1.82) is 0 Å². The lowest BCUT2D eigenvalue weighted by molar-refractivity contribution is -0.155. The van der Waals surface area contributed by atoms with Crippen LogP contribution in [-0.2, 0) is 23.8 Å². The molecule has 136 valence electrons. The highest BCUT2D eigenvalue weighted by Gasteiger charge is 2.60. The minimum atomic E-state index is -1.26. The molecule has 4 rings (SSSR count). The van der Waals surface area contributed by atoms with E-state index in [2.05, 4.69) is 0 Å². The Bertz CT molecular complexity index is 804.